The normalized spacial score (nSPS) is 13.4. The van der Waals surface area contributed by atoms with E-state index in [1.54, 1.807) is 0 Å². The zero-order valence-corrected chi connectivity index (χ0v) is 11.8. The van der Waals surface area contributed by atoms with Gasteiger partial charge in [-0.15, -0.1) is 0 Å². The van der Waals surface area contributed by atoms with Crippen molar-refractivity contribution >= 4 is 0 Å². The Morgan fingerprint density at radius 2 is 1.71 bits per heavy atom. The molecule has 96 valence electrons. The van der Waals surface area contributed by atoms with E-state index < -0.39 is 0 Å². The molecule has 0 saturated heterocycles. The summed E-state index contributed by atoms with van der Waals surface area (Å²) in [5, 5.41) is 3.64. The molecule has 1 aromatic rings. The van der Waals surface area contributed by atoms with Crippen molar-refractivity contribution < 1.29 is 0 Å². The van der Waals surface area contributed by atoms with Gasteiger partial charge < -0.3 is 10.2 Å². The lowest BCUT2D eigenvalue weighted by molar-refractivity contribution is 0.288. The fourth-order valence-electron chi connectivity index (χ4n) is 1.86. The smallest absolute Gasteiger partial charge is 0.0220 e. The summed E-state index contributed by atoms with van der Waals surface area (Å²) in [7, 11) is 4.26. The molecule has 0 spiro atoms. The molecular formula is C15H26N2. The Morgan fingerprint density at radius 1 is 1.12 bits per heavy atom. The van der Waals surface area contributed by atoms with Crippen molar-refractivity contribution in [3.05, 3.63) is 35.4 Å². The number of hydrogen-bond donors (Lipinski definition) is 1. The van der Waals surface area contributed by atoms with Crippen LogP contribution in [0.2, 0.25) is 0 Å². The molecule has 2 nitrogen and oxygen atoms in total. The Morgan fingerprint density at radius 3 is 2.18 bits per heavy atom. The fourth-order valence-corrected chi connectivity index (χ4v) is 1.86. The quantitative estimate of drug-likeness (QED) is 0.814. The predicted octanol–water partition coefficient (Wildman–Crippen LogP) is 2.67. The Hall–Kier alpha value is -0.860. The van der Waals surface area contributed by atoms with E-state index in [2.05, 4.69) is 69.3 Å². The second-order valence-corrected chi connectivity index (χ2v) is 5.48. The molecule has 0 aliphatic carbocycles. The van der Waals surface area contributed by atoms with Gasteiger partial charge in [-0.1, -0.05) is 43.7 Å². The topological polar surface area (TPSA) is 15.3 Å². The predicted molar refractivity (Wildman–Crippen MR) is 75.2 cm³/mol. The highest BCUT2D eigenvalue weighted by atomic mass is 15.1. The number of nitrogens with one attached hydrogen (secondary N) is 1. The Kier molecular flexibility index (Phi) is 5.66. The molecule has 1 atom stereocenters. The van der Waals surface area contributed by atoms with Crippen LogP contribution in [-0.2, 0) is 6.54 Å². The van der Waals surface area contributed by atoms with Crippen molar-refractivity contribution in [2.75, 3.05) is 20.6 Å². The Bertz CT molecular complexity index is 314. The lowest BCUT2D eigenvalue weighted by atomic mass is 10.0. The zero-order chi connectivity index (χ0) is 12.8. The molecule has 1 rings (SSSR count). The molecule has 0 radical (unpaired) electrons. The lowest BCUT2D eigenvalue weighted by Gasteiger charge is -2.25. The third-order valence-electron chi connectivity index (χ3n) is 3.06. The molecule has 1 aromatic carbocycles. The van der Waals surface area contributed by atoms with Crippen molar-refractivity contribution in [1.82, 2.24) is 10.2 Å². The van der Waals surface area contributed by atoms with Crippen LogP contribution in [0.5, 0.6) is 0 Å². The first kappa shape index (κ1) is 14.2. The van der Waals surface area contributed by atoms with Crippen LogP contribution < -0.4 is 5.32 Å². The first-order valence-corrected chi connectivity index (χ1v) is 6.42. The number of benzene rings is 1. The third-order valence-corrected chi connectivity index (χ3v) is 3.06. The molecule has 1 unspecified atom stereocenters. The summed E-state index contributed by atoms with van der Waals surface area (Å²) in [6.45, 7) is 8.72. The average Bonchev–Trinajstić information content (AvgIpc) is 2.25. The van der Waals surface area contributed by atoms with Crippen LogP contribution in [0.15, 0.2) is 24.3 Å². The van der Waals surface area contributed by atoms with Gasteiger partial charge in [0.15, 0.2) is 0 Å². The summed E-state index contributed by atoms with van der Waals surface area (Å²) in [4.78, 5) is 2.24. The van der Waals surface area contributed by atoms with Crippen LogP contribution in [0.4, 0.5) is 0 Å². The summed E-state index contributed by atoms with van der Waals surface area (Å²) in [5.41, 5.74) is 2.68. The second kappa shape index (κ2) is 6.77. The van der Waals surface area contributed by atoms with Crippen LogP contribution in [0.3, 0.4) is 0 Å². The first-order valence-electron chi connectivity index (χ1n) is 6.42. The number of aryl methyl sites for hydroxylation is 1. The van der Waals surface area contributed by atoms with E-state index >= 15 is 0 Å². The highest BCUT2D eigenvalue weighted by Crippen LogP contribution is 2.06. The van der Waals surface area contributed by atoms with Gasteiger partial charge in [-0.25, -0.2) is 0 Å². The largest absolute Gasteiger partial charge is 0.308 e. The van der Waals surface area contributed by atoms with E-state index in [0.717, 1.165) is 13.1 Å². The monoisotopic (exact) mass is 234 g/mol. The molecule has 2 heteroatoms. The number of likely N-dealkylation sites (N-methyl/N-ethyl adjacent to an activating group) is 1. The van der Waals surface area contributed by atoms with Crippen LogP contribution in [-0.4, -0.2) is 31.6 Å². The van der Waals surface area contributed by atoms with Gasteiger partial charge in [0.05, 0.1) is 0 Å². The van der Waals surface area contributed by atoms with Gasteiger partial charge in [0.1, 0.15) is 0 Å². The van der Waals surface area contributed by atoms with Gasteiger partial charge in [0.2, 0.25) is 0 Å². The van der Waals surface area contributed by atoms with Gasteiger partial charge in [-0.05, 0) is 32.5 Å². The second-order valence-electron chi connectivity index (χ2n) is 5.48. The van der Waals surface area contributed by atoms with Gasteiger partial charge >= 0.3 is 0 Å². The molecule has 0 aromatic heterocycles. The highest BCUT2D eigenvalue weighted by molar-refractivity contribution is 5.21. The van der Waals surface area contributed by atoms with E-state index in [0.29, 0.717) is 12.0 Å². The SMILES string of the molecule is Cc1ccc(CNC(CN(C)C)C(C)C)cc1. The summed E-state index contributed by atoms with van der Waals surface area (Å²) in [6.07, 6.45) is 0. The van der Waals surface area contributed by atoms with Gasteiger partial charge in [0.25, 0.3) is 0 Å². The zero-order valence-electron chi connectivity index (χ0n) is 11.8. The molecular weight excluding hydrogens is 208 g/mol. The van der Waals surface area contributed by atoms with Crippen LogP contribution in [0, 0.1) is 12.8 Å². The average molecular weight is 234 g/mol. The molecule has 17 heavy (non-hydrogen) atoms. The first-order chi connectivity index (χ1) is 7.99. The number of rotatable bonds is 6. The molecule has 0 fully saturated rings. The van der Waals surface area contributed by atoms with Crippen molar-refractivity contribution in [3.8, 4) is 0 Å². The molecule has 0 heterocycles. The number of hydrogen-bond acceptors (Lipinski definition) is 2. The minimum atomic E-state index is 0.548. The van der Waals surface area contributed by atoms with E-state index in [1.807, 2.05) is 0 Å². The van der Waals surface area contributed by atoms with Gasteiger partial charge in [-0.2, -0.15) is 0 Å². The maximum Gasteiger partial charge on any atom is 0.0220 e. The standard InChI is InChI=1S/C15H26N2/c1-12(2)15(11-17(4)5)16-10-14-8-6-13(3)7-9-14/h6-9,12,15-16H,10-11H2,1-5H3. The van der Waals surface area contributed by atoms with Gasteiger partial charge in [0, 0.05) is 19.1 Å². The van der Waals surface area contributed by atoms with E-state index in [-0.39, 0.29) is 0 Å². The van der Waals surface area contributed by atoms with Crippen molar-refractivity contribution in [1.29, 1.82) is 0 Å². The van der Waals surface area contributed by atoms with Crippen molar-refractivity contribution in [2.45, 2.75) is 33.4 Å². The van der Waals surface area contributed by atoms with Crippen LogP contribution in [0.1, 0.15) is 25.0 Å². The summed E-state index contributed by atoms with van der Waals surface area (Å²) in [6, 6.07) is 9.30. The molecule has 0 bridgehead atoms. The summed E-state index contributed by atoms with van der Waals surface area (Å²) < 4.78 is 0. The molecule has 0 amide bonds. The molecule has 1 N–H and O–H groups in total. The fraction of sp³-hybridized carbons (Fsp3) is 0.600. The van der Waals surface area contributed by atoms with Crippen molar-refractivity contribution in [3.63, 3.8) is 0 Å². The molecule has 0 aliphatic heterocycles. The van der Waals surface area contributed by atoms with E-state index in [4.69, 9.17) is 0 Å². The highest BCUT2D eigenvalue weighted by Gasteiger charge is 2.13. The molecule has 0 saturated carbocycles. The number of nitrogens with zero attached hydrogens (tertiary/aromatic N) is 1. The maximum atomic E-state index is 3.64. The summed E-state index contributed by atoms with van der Waals surface area (Å²) in [5.74, 6) is 0.655. The Balaban J connectivity index is 2.48. The minimum Gasteiger partial charge on any atom is -0.308 e. The van der Waals surface area contributed by atoms with Crippen LogP contribution >= 0.6 is 0 Å². The summed E-state index contributed by atoms with van der Waals surface area (Å²) >= 11 is 0. The lowest BCUT2D eigenvalue weighted by Crippen LogP contribution is -2.41. The van der Waals surface area contributed by atoms with Crippen LogP contribution in [0.25, 0.3) is 0 Å². The van der Waals surface area contributed by atoms with E-state index in [9.17, 15) is 0 Å². The third kappa shape index (κ3) is 5.33. The maximum absolute atomic E-state index is 3.64. The minimum absolute atomic E-state index is 0.548. The van der Waals surface area contributed by atoms with E-state index in [1.165, 1.54) is 11.1 Å². The van der Waals surface area contributed by atoms with Crippen molar-refractivity contribution in [2.24, 2.45) is 5.92 Å². The van der Waals surface area contributed by atoms with Gasteiger partial charge in [-0.3, -0.25) is 0 Å². The molecule has 0 aliphatic rings. The Labute approximate surface area is 106 Å².